The van der Waals surface area contributed by atoms with Crippen molar-refractivity contribution in [3.05, 3.63) is 53.6 Å². The molecule has 0 spiro atoms. The third-order valence-electron chi connectivity index (χ3n) is 5.00. The van der Waals surface area contributed by atoms with Gasteiger partial charge in [-0.15, -0.1) is 0 Å². The van der Waals surface area contributed by atoms with Crippen LogP contribution in [0.15, 0.2) is 42.5 Å². The first-order valence-corrected chi connectivity index (χ1v) is 11.7. The second kappa shape index (κ2) is 12.3. The Labute approximate surface area is 203 Å². The number of hydrogen-bond acceptors (Lipinski definition) is 5. The minimum absolute atomic E-state index is 0.184. The molecule has 0 radical (unpaired) electrons. The molecule has 7 nitrogen and oxygen atoms in total. The smallest absolute Gasteiger partial charge is 0.340 e. The van der Waals surface area contributed by atoms with Gasteiger partial charge in [0.1, 0.15) is 5.60 Å². The molecule has 0 bridgehead atoms. The van der Waals surface area contributed by atoms with Gasteiger partial charge in [-0.1, -0.05) is 44.2 Å². The van der Waals surface area contributed by atoms with Gasteiger partial charge in [0.15, 0.2) is 11.5 Å². The molecule has 2 rings (SSSR count). The van der Waals surface area contributed by atoms with Crippen LogP contribution in [-0.2, 0) is 4.74 Å². The highest BCUT2D eigenvalue weighted by molar-refractivity contribution is 6.02. The van der Waals surface area contributed by atoms with Crippen LogP contribution in [0.5, 0.6) is 11.5 Å². The zero-order valence-corrected chi connectivity index (χ0v) is 21.4. The molecular formula is C27H38N2O5. The van der Waals surface area contributed by atoms with E-state index in [-0.39, 0.29) is 17.3 Å². The summed E-state index contributed by atoms with van der Waals surface area (Å²) in [6, 6.07) is 12.1. The lowest BCUT2D eigenvalue weighted by molar-refractivity contribution is 0.00704. The minimum Gasteiger partial charge on any atom is -0.493 e. The first-order valence-electron chi connectivity index (χ1n) is 11.7. The molecule has 2 aromatic carbocycles. The van der Waals surface area contributed by atoms with E-state index in [9.17, 15) is 9.59 Å². The van der Waals surface area contributed by atoms with E-state index in [1.807, 2.05) is 37.3 Å². The third kappa shape index (κ3) is 8.61. The highest BCUT2D eigenvalue weighted by Crippen LogP contribution is 2.35. The van der Waals surface area contributed by atoms with Crippen LogP contribution in [-0.4, -0.2) is 31.3 Å². The van der Waals surface area contributed by atoms with Crippen molar-refractivity contribution in [1.29, 1.82) is 0 Å². The van der Waals surface area contributed by atoms with Crippen LogP contribution in [0.4, 0.5) is 10.5 Å². The number of rotatable bonds is 10. The SMILES string of the molecule is COc1cc(C(=O)OC(C)(C)C)c(NC(=O)N[C@@H](C)c2ccccc2)cc1OCCCC(C)C. The molecule has 186 valence electrons. The van der Waals surface area contributed by atoms with E-state index in [0.29, 0.717) is 24.0 Å². The fraction of sp³-hybridized carbons (Fsp3) is 0.481. The summed E-state index contributed by atoms with van der Waals surface area (Å²) in [5.41, 5.74) is 0.738. The Hall–Kier alpha value is -3.22. The molecule has 2 N–H and O–H groups in total. The highest BCUT2D eigenvalue weighted by atomic mass is 16.6. The molecule has 0 aliphatic rings. The fourth-order valence-electron chi connectivity index (χ4n) is 3.29. The molecule has 2 amide bonds. The van der Waals surface area contributed by atoms with Gasteiger partial charge in [0.2, 0.25) is 0 Å². The van der Waals surface area contributed by atoms with Crippen molar-refractivity contribution in [3.8, 4) is 11.5 Å². The van der Waals surface area contributed by atoms with E-state index in [1.54, 1.807) is 32.9 Å². The number of nitrogens with one attached hydrogen (secondary N) is 2. The summed E-state index contributed by atoms with van der Waals surface area (Å²) in [5, 5.41) is 5.69. The number of esters is 1. The molecule has 0 aromatic heterocycles. The Morgan fingerprint density at radius 2 is 1.68 bits per heavy atom. The molecule has 0 heterocycles. The predicted octanol–water partition coefficient (Wildman–Crippen LogP) is 6.35. The van der Waals surface area contributed by atoms with Crippen LogP contribution in [0.1, 0.15) is 76.3 Å². The van der Waals surface area contributed by atoms with Gasteiger partial charge in [-0.3, -0.25) is 0 Å². The van der Waals surface area contributed by atoms with E-state index in [0.717, 1.165) is 18.4 Å². The Morgan fingerprint density at radius 3 is 2.26 bits per heavy atom. The van der Waals surface area contributed by atoms with Gasteiger partial charge in [-0.25, -0.2) is 9.59 Å². The van der Waals surface area contributed by atoms with Gasteiger partial charge in [0, 0.05) is 12.1 Å². The van der Waals surface area contributed by atoms with E-state index in [1.165, 1.54) is 7.11 Å². The summed E-state index contributed by atoms with van der Waals surface area (Å²) in [5.74, 6) is 0.857. The number of carbonyl (C=O) groups excluding carboxylic acids is 2. The lowest BCUT2D eigenvalue weighted by Gasteiger charge is -2.22. The maximum absolute atomic E-state index is 12.9. The van der Waals surface area contributed by atoms with Crippen LogP contribution in [0.3, 0.4) is 0 Å². The zero-order valence-electron chi connectivity index (χ0n) is 21.4. The van der Waals surface area contributed by atoms with Gasteiger partial charge in [-0.2, -0.15) is 0 Å². The van der Waals surface area contributed by atoms with Crippen LogP contribution in [0, 0.1) is 5.92 Å². The second-order valence-corrected chi connectivity index (χ2v) is 9.67. The van der Waals surface area contributed by atoms with E-state index in [2.05, 4.69) is 24.5 Å². The number of methoxy groups -OCH3 is 1. The molecule has 7 heteroatoms. The molecule has 34 heavy (non-hydrogen) atoms. The minimum atomic E-state index is -0.697. The van der Waals surface area contributed by atoms with Crippen molar-refractivity contribution in [2.24, 2.45) is 5.92 Å². The quantitative estimate of drug-likeness (QED) is 0.312. The summed E-state index contributed by atoms with van der Waals surface area (Å²) in [6.07, 6.45) is 1.91. The van der Waals surface area contributed by atoms with Crippen LogP contribution >= 0.6 is 0 Å². The lowest BCUT2D eigenvalue weighted by atomic mass is 10.1. The van der Waals surface area contributed by atoms with Crippen molar-refractivity contribution in [2.75, 3.05) is 19.0 Å². The molecule has 0 aliphatic carbocycles. The van der Waals surface area contributed by atoms with Crippen molar-refractivity contribution in [3.63, 3.8) is 0 Å². The summed E-state index contributed by atoms with van der Waals surface area (Å²) < 4.78 is 17.0. The Morgan fingerprint density at radius 1 is 1.00 bits per heavy atom. The number of benzene rings is 2. The normalized spacial score (nSPS) is 12.1. The van der Waals surface area contributed by atoms with Crippen molar-refractivity contribution < 1.29 is 23.8 Å². The third-order valence-corrected chi connectivity index (χ3v) is 5.00. The molecule has 0 saturated carbocycles. The zero-order chi connectivity index (χ0) is 25.3. The molecule has 1 atom stereocenters. The van der Waals surface area contributed by atoms with Gasteiger partial charge >= 0.3 is 12.0 Å². The number of amides is 2. The molecule has 0 aliphatic heterocycles. The van der Waals surface area contributed by atoms with Crippen LogP contribution in [0.25, 0.3) is 0 Å². The van der Waals surface area contributed by atoms with Gasteiger partial charge in [0.25, 0.3) is 0 Å². The van der Waals surface area contributed by atoms with E-state index < -0.39 is 17.6 Å². The van der Waals surface area contributed by atoms with Gasteiger partial charge in [-0.05, 0) is 52.0 Å². The largest absolute Gasteiger partial charge is 0.493 e. The van der Waals surface area contributed by atoms with Crippen molar-refractivity contribution in [1.82, 2.24) is 5.32 Å². The first-order chi connectivity index (χ1) is 16.0. The average molecular weight is 471 g/mol. The molecule has 0 saturated heterocycles. The highest BCUT2D eigenvalue weighted by Gasteiger charge is 2.24. The maximum atomic E-state index is 12.9. The van der Waals surface area contributed by atoms with Crippen molar-refractivity contribution in [2.45, 2.75) is 66.0 Å². The Kier molecular flexibility index (Phi) is 9.78. The number of urea groups is 1. The van der Waals surface area contributed by atoms with Crippen molar-refractivity contribution >= 4 is 17.7 Å². The number of anilines is 1. The monoisotopic (exact) mass is 470 g/mol. The lowest BCUT2D eigenvalue weighted by Crippen LogP contribution is -2.32. The summed E-state index contributed by atoms with van der Waals surface area (Å²) in [6.45, 7) is 12.1. The predicted molar refractivity (Wildman–Crippen MR) is 135 cm³/mol. The number of hydrogen-bond donors (Lipinski definition) is 2. The Balaban J connectivity index is 2.29. The Bertz CT molecular complexity index is 951. The van der Waals surface area contributed by atoms with Gasteiger partial charge < -0.3 is 24.8 Å². The molecular weight excluding hydrogens is 432 g/mol. The summed E-state index contributed by atoms with van der Waals surface area (Å²) >= 11 is 0. The van der Waals surface area contributed by atoms with Crippen LogP contribution < -0.4 is 20.1 Å². The van der Waals surface area contributed by atoms with E-state index >= 15 is 0 Å². The number of carbonyl (C=O) groups is 2. The van der Waals surface area contributed by atoms with E-state index in [4.69, 9.17) is 14.2 Å². The first kappa shape index (κ1) is 27.0. The fourth-order valence-corrected chi connectivity index (χ4v) is 3.29. The summed E-state index contributed by atoms with van der Waals surface area (Å²) in [7, 11) is 1.51. The molecule has 2 aromatic rings. The maximum Gasteiger partial charge on any atom is 0.340 e. The summed E-state index contributed by atoms with van der Waals surface area (Å²) in [4.78, 5) is 25.7. The van der Waals surface area contributed by atoms with Gasteiger partial charge in [0.05, 0.1) is 31.0 Å². The second-order valence-electron chi connectivity index (χ2n) is 9.67. The number of ether oxygens (including phenoxy) is 3. The molecule has 0 fully saturated rings. The average Bonchev–Trinajstić information content (AvgIpc) is 2.75. The molecule has 0 unspecified atom stereocenters. The topological polar surface area (TPSA) is 85.9 Å². The standard InChI is InChI=1S/C27H38N2O5/c1-18(2)12-11-15-33-24-17-22(21(16-23(24)32-7)25(30)34-27(4,5)6)29-26(31)28-19(3)20-13-9-8-10-14-20/h8-10,13-14,16-19H,11-12,15H2,1-7H3,(H2,28,29,31)/t19-/m0/s1. The van der Waals surface area contributed by atoms with Crippen LogP contribution in [0.2, 0.25) is 0 Å².